The molecule has 0 spiro atoms. The van der Waals surface area contributed by atoms with Crippen LogP contribution in [0.4, 0.5) is 0 Å². The number of nitriles is 1. The molecule has 18 heavy (non-hydrogen) atoms. The molecule has 0 aliphatic carbocycles. The van der Waals surface area contributed by atoms with Gasteiger partial charge in [0.15, 0.2) is 0 Å². The van der Waals surface area contributed by atoms with Crippen molar-refractivity contribution in [2.24, 2.45) is 0 Å². The molecule has 0 N–H and O–H groups in total. The van der Waals surface area contributed by atoms with Crippen LogP contribution in [0.25, 0.3) is 0 Å². The van der Waals surface area contributed by atoms with Crippen LogP contribution in [-0.2, 0) is 13.6 Å². The summed E-state index contributed by atoms with van der Waals surface area (Å²) in [4.78, 5) is 0. The van der Waals surface area contributed by atoms with Gasteiger partial charge in [0.2, 0.25) is 0 Å². The molecule has 0 fully saturated rings. The van der Waals surface area contributed by atoms with Gasteiger partial charge in [-0.05, 0) is 45.5 Å². The molecular weight excluding hydrogens is 269 g/mol. The molecule has 0 aliphatic rings. The first-order chi connectivity index (χ1) is 8.22. The molecule has 0 amide bonds. The lowest BCUT2D eigenvalue weighted by molar-refractivity contribution is 0.0867. The van der Waals surface area contributed by atoms with Gasteiger partial charge in [-0.3, -0.25) is 9.05 Å². The summed E-state index contributed by atoms with van der Waals surface area (Å²) in [6, 6.07) is 2.03. The van der Waals surface area contributed by atoms with Crippen molar-refractivity contribution in [3.05, 3.63) is 0 Å². The fraction of sp³-hybridized carbons (Fsp3) is 0.917. The molecule has 0 radical (unpaired) electrons. The molecule has 0 bridgehead atoms. The third-order valence-corrected chi connectivity index (χ3v) is 5.92. The summed E-state index contributed by atoms with van der Waals surface area (Å²) in [6.07, 6.45) is 2.06. The van der Waals surface area contributed by atoms with Gasteiger partial charge in [-0.1, -0.05) is 13.3 Å². The molecule has 6 heteroatoms. The first-order valence-electron chi connectivity index (χ1n) is 6.23. The topological polar surface area (TPSA) is 59.3 Å². The molecule has 0 rings (SSSR count). The lowest BCUT2D eigenvalue weighted by Gasteiger charge is -2.28. The van der Waals surface area contributed by atoms with E-state index in [-0.39, 0.29) is 6.10 Å². The molecule has 0 aromatic heterocycles. The predicted octanol–water partition coefficient (Wildman–Crippen LogP) is 4.76. The standard InChI is InChI=1S/C12H24NO3PS/c1-6-8-11(2)15-17(14,16-12(3,4)5)18-10-7-9-13/h11H,6-8,10H2,1-5H3. The van der Waals surface area contributed by atoms with Crippen molar-refractivity contribution in [2.75, 3.05) is 5.75 Å². The Kier molecular flexibility index (Phi) is 8.21. The highest BCUT2D eigenvalue weighted by molar-refractivity contribution is 8.55. The molecule has 0 saturated carbocycles. The number of hydrogen-bond donors (Lipinski definition) is 0. The van der Waals surface area contributed by atoms with Crippen LogP contribution in [0, 0.1) is 11.3 Å². The van der Waals surface area contributed by atoms with Gasteiger partial charge in [-0.15, -0.1) is 0 Å². The van der Waals surface area contributed by atoms with Gasteiger partial charge in [0, 0.05) is 12.2 Å². The Balaban J connectivity index is 4.59. The zero-order valence-electron chi connectivity index (χ0n) is 11.9. The van der Waals surface area contributed by atoms with Crippen molar-refractivity contribution in [3.8, 4) is 6.07 Å². The van der Waals surface area contributed by atoms with Gasteiger partial charge in [-0.2, -0.15) is 5.26 Å². The Bertz CT molecular complexity index is 322. The molecule has 0 aromatic carbocycles. The zero-order chi connectivity index (χ0) is 14.2. The molecule has 2 atom stereocenters. The van der Waals surface area contributed by atoms with E-state index >= 15 is 0 Å². The van der Waals surface area contributed by atoms with Gasteiger partial charge < -0.3 is 0 Å². The molecule has 4 nitrogen and oxygen atoms in total. The number of nitrogens with zero attached hydrogens (tertiary/aromatic N) is 1. The average Bonchev–Trinajstić information content (AvgIpc) is 2.14. The van der Waals surface area contributed by atoms with E-state index in [1.165, 1.54) is 0 Å². The Morgan fingerprint density at radius 2 is 2.06 bits per heavy atom. The minimum atomic E-state index is -3.19. The monoisotopic (exact) mass is 293 g/mol. The quantitative estimate of drug-likeness (QED) is 0.477. The number of rotatable bonds is 8. The largest absolute Gasteiger partial charge is 0.389 e. The second-order valence-corrected chi connectivity index (χ2v) is 9.17. The predicted molar refractivity (Wildman–Crippen MR) is 76.6 cm³/mol. The molecule has 0 aliphatic heterocycles. The summed E-state index contributed by atoms with van der Waals surface area (Å²) in [7, 11) is 0. The summed E-state index contributed by atoms with van der Waals surface area (Å²) >= 11 is 1.12. The van der Waals surface area contributed by atoms with E-state index in [0.717, 1.165) is 24.2 Å². The Morgan fingerprint density at radius 1 is 1.44 bits per heavy atom. The minimum Gasteiger partial charge on any atom is -0.298 e. The molecule has 0 aromatic rings. The van der Waals surface area contributed by atoms with E-state index < -0.39 is 12.4 Å². The lowest BCUT2D eigenvalue weighted by Crippen LogP contribution is -2.19. The Hall–Kier alpha value is -0.01000. The van der Waals surface area contributed by atoms with E-state index in [4.69, 9.17) is 14.3 Å². The van der Waals surface area contributed by atoms with Crippen molar-refractivity contribution in [1.29, 1.82) is 5.26 Å². The fourth-order valence-electron chi connectivity index (χ4n) is 1.30. The maximum absolute atomic E-state index is 12.6. The van der Waals surface area contributed by atoms with E-state index in [1.54, 1.807) is 0 Å². The summed E-state index contributed by atoms with van der Waals surface area (Å²) < 4.78 is 23.8. The third-order valence-electron chi connectivity index (χ3n) is 1.85. The third kappa shape index (κ3) is 8.99. The molecule has 0 heterocycles. The average molecular weight is 293 g/mol. The van der Waals surface area contributed by atoms with Crippen LogP contribution >= 0.6 is 18.2 Å². The van der Waals surface area contributed by atoms with Crippen LogP contribution < -0.4 is 0 Å². The van der Waals surface area contributed by atoms with Crippen molar-refractivity contribution < 1.29 is 13.6 Å². The van der Waals surface area contributed by atoms with E-state index in [0.29, 0.717) is 12.2 Å². The van der Waals surface area contributed by atoms with Gasteiger partial charge in [0.25, 0.3) is 0 Å². The van der Waals surface area contributed by atoms with Crippen LogP contribution in [0.3, 0.4) is 0 Å². The first kappa shape index (κ1) is 18.0. The molecular formula is C12H24NO3PS. The van der Waals surface area contributed by atoms with Gasteiger partial charge in [0.05, 0.1) is 17.8 Å². The van der Waals surface area contributed by atoms with Gasteiger partial charge >= 0.3 is 6.80 Å². The smallest absolute Gasteiger partial charge is 0.298 e. The van der Waals surface area contributed by atoms with Crippen molar-refractivity contribution in [3.63, 3.8) is 0 Å². The second kappa shape index (κ2) is 8.22. The summed E-state index contributed by atoms with van der Waals surface area (Å²) in [5.74, 6) is 0.461. The first-order valence-corrected chi connectivity index (χ1v) is 9.36. The van der Waals surface area contributed by atoms with E-state index in [2.05, 4.69) is 6.92 Å². The van der Waals surface area contributed by atoms with Gasteiger partial charge in [0.1, 0.15) is 0 Å². The van der Waals surface area contributed by atoms with Crippen molar-refractivity contribution in [1.82, 2.24) is 0 Å². The summed E-state index contributed by atoms with van der Waals surface area (Å²) in [6.45, 7) is 6.30. The maximum atomic E-state index is 12.6. The Labute approximate surface area is 115 Å². The molecule has 0 saturated heterocycles. The van der Waals surface area contributed by atoms with E-state index in [1.807, 2.05) is 33.8 Å². The van der Waals surface area contributed by atoms with Crippen molar-refractivity contribution >= 4 is 18.2 Å². The summed E-state index contributed by atoms with van der Waals surface area (Å²) in [5, 5.41) is 8.53. The highest BCUT2D eigenvalue weighted by Gasteiger charge is 2.33. The van der Waals surface area contributed by atoms with Crippen molar-refractivity contribution in [2.45, 2.75) is 65.6 Å². The number of hydrogen-bond acceptors (Lipinski definition) is 5. The normalized spacial score (nSPS) is 16.9. The van der Waals surface area contributed by atoms with Crippen LogP contribution in [0.2, 0.25) is 0 Å². The molecule has 2 unspecified atom stereocenters. The highest BCUT2D eigenvalue weighted by atomic mass is 32.7. The lowest BCUT2D eigenvalue weighted by atomic mass is 10.2. The highest BCUT2D eigenvalue weighted by Crippen LogP contribution is 2.63. The van der Waals surface area contributed by atoms with Crippen LogP contribution in [0.1, 0.15) is 53.9 Å². The van der Waals surface area contributed by atoms with Crippen LogP contribution in [-0.4, -0.2) is 17.5 Å². The second-order valence-electron chi connectivity index (χ2n) is 5.10. The molecule has 106 valence electrons. The van der Waals surface area contributed by atoms with Crippen LogP contribution in [0.5, 0.6) is 0 Å². The zero-order valence-corrected chi connectivity index (χ0v) is 13.6. The van der Waals surface area contributed by atoms with Gasteiger partial charge in [-0.25, -0.2) is 4.57 Å². The SMILES string of the molecule is CCCC(C)OP(=O)(OC(C)(C)C)SCCC#N. The van der Waals surface area contributed by atoms with E-state index in [9.17, 15) is 4.57 Å². The summed E-state index contributed by atoms with van der Waals surface area (Å²) in [5.41, 5.74) is -0.527. The fourth-order valence-corrected chi connectivity index (χ4v) is 5.47. The minimum absolute atomic E-state index is 0.0993. The maximum Gasteiger partial charge on any atom is 0.389 e. The van der Waals surface area contributed by atoms with Crippen LogP contribution in [0.15, 0.2) is 0 Å². The Morgan fingerprint density at radius 3 is 2.50 bits per heavy atom.